The van der Waals surface area contributed by atoms with Crippen LogP contribution in [0.5, 0.6) is 11.5 Å². The molecule has 0 saturated carbocycles. The van der Waals surface area contributed by atoms with Crippen LogP contribution in [0.2, 0.25) is 0 Å². The molecule has 5 nitrogen and oxygen atoms in total. The molecule has 0 atom stereocenters. The zero-order chi connectivity index (χ0) is 40.0. The molecule has 0 saturated heterocycles. The van der Waals surface area contributed by atoms with E-state index in [0.29, 0.717) is 11.5 Å². The fraction of sp³-hybridized carbons (Fsp3) is 0.170. The van der Waals surface area contributed by atoms with Crippen molar-refractivity contribution in [3.8, 4) is 50.9 Å². The summed E-state index contributed by atoms with van der Waals surface area (Å²) in [6.07, 6.45) is 10.5. The van der Waals surface area contributed by atoms with Gasteiger partial charge in [0.1, 0.15) is 5.82 Å². The van der Waals surface area contributed by atoms with Gasteiger partial charge in [-0.1, -0.05) is 138 Å². The van der Waals surface area contributed by atoms with Gasteiger partial charge in [-0.25, -0.2) is 4.98 Å². The maximum Gasteiger partial charge on any atom is 0.267 e. The summed E-state index contributed by atoms with van der Waals surface area (Å²) < 4.78 is 12.8. The molecule has 59 heavy (non-hydrogen) atoms. The van der Waals surface area contributed by atoms with Gasteiger partial charge in [-0.2, -0.15) is 18.2 Å². The van der Waals surface area contributed by atoms with Gasteiger partial charge in [0.2, 0.25) is 0 Å². The van der Waals surface area contributed by atoms with E-state index >= 15 is 0 Å². The van der Waals surface area contributed by atoms with Gasteiger partial charge in [-0.05, 0) is 79.9 Å². The molecule has 0 spiro atoms. The van der Waals surface area contributed by atoms with E-state index in [2.05, 4.69) is 172 Å². The zero-order valence-electron chi connectivity index (χ0n) is 34.2. The molecule has 9 aromatic rings. The molecular weight excluding hydrogens is 904 g/mol. The molecule has 6 heteroatoms. The fourth-order valence-electron chi connectivity index (χ4n) is 7.83. The topological polar surface area (TPSA) is 35.9 Å². The Bertz CT molecular complexity index is 2860. The number of para-hydroxylation sites is 1. The number of imidazole rings is 1. The van der Waals surface area contributed by atoms with Gasteiger partial charge in [0.25, 0.3) is 6.33 Å². The molecule has 296 valence electrons. The number of pyridine rings is 1. The summed E-state index contributed by atoms with van der Waals surface area (Å²) >= 11 is 0. The first-order valence-corrected chi connectivity index (χ1v) is 19.9. The Morgan fingerprint density at radius 2 is 1.34 bits per heavy atom. The molecule has 0 fully saturated rings. The Labute approximate surface area is 361 Å². The predicted octanol–water partition coefficient (Wildman–Crippen LogP) is 12.7. The van der Waals surface area contributed by atoms with Crippen molar-refractivity contribution in [3.63, 3.8) is 0 Å². The van der Waals surface area contributed by atoms with Crippen molar-refractivity contribution in [2.75, 3.05) is 0 Å². The van der Waals surface area contributed by atoms with Crippen molar-refractivity contribution in [2.45, 2.75) is 53.4 Å². The van der Waals surface area contributed by atoms with E-state index in [4.69, 9.17) is 9.72 Å². The van der Waals surface area contributed by atoms with Gasteiger partial charge in [0.15, 0.2) is 0 Å². The molecule has 6 aromatic carbocycles. The van der Waals surface area contributed by atoms with Crippen molar-refractivity contribution < 1.29 is 30.4 Å². The van der Waals surface area contributed by atoms with E-state index in [1.54, 1.807) is 0 Å². The molecule has 0 unspecified atom stereocenters. The minimum Gasteiger partial charge on any atom is -0.510 e. The van der Waals surface area contributed by atoms with Crippen LogP contribution in [0.25, 0.3) is 61.3 Å². The number of aromatic nitrogens is 4. The van der Waals surface area contributed by atoms with Crippen LogP contribution >= 0.6 is 0 Å². The first kappa shape index (κ1) is 39.8. The number of nitrogens with zero attached hydrogens (tertiary/aromatic N) is 4. The summed E-state index contributed by atoms with van der Waals surface area (Å²) in [7, 11) is 0. The van der Waals surface area contributed by atoms with E-state index in [1.165, 1.54) is 16.5 Å². The summed E-state index contributed by atoms with van der Waals surface area (Å²) in [6.45, 7) is 13.6. The second-order valence-electron chi connectivity index (χ2n) is 17.2. The van der Waals surface area contributed by atoms with Gasteiger partial charge < -0.3 is 13.9 Å². The number of fused-ring (bicyclic) bond motifs is 3. The first-order chi connectivity index (χ1) is 28.0. The smallest absolute Gasteiger partial charge is 0.267 e. The molecule has 0 aliphatic rings. The molecule has 0 N–H and O–H groups in total. The van der Waals surface area contributed by atoms with Crippen molar-refractivity contribution in [2.24, 2.45) is 5.41 Å². The van der Waals surface area contributed by atoms with Gasteiger partial charge in [-0.15, -0.1) is 29.7 Å². The van der Waals surface area contributed by atoms with Gasteiger partial charge >= 0.3 is 0 Å². The molecule has 9 rings (SSSR count). The van der Waals surface area contributed by atoms with Gasteiger partial charge in [0.05, 0.1) is 5.69 Å². The van der Waals surface area contributed by atoms with E-state index in [-0.39, 0.29) is 31.9 Å². The normalized spacial score (nSPS) is 11.8. The first-order valence-electron chi connectivity index (χ1n) is 19.9. The molecule has 0 aliphatic heterocycles. The monoisotopic (exact) mass is 949 g/mol. The minimum atomic E-state index is 0. The average molecular weight is 950 g/mol. The fourth-order valence-corrected chi connectivity index (χ4v) is 7.83. The number of rotatable bonds is 8. The van der Waals surface area contributed by atoms with Crippen molar-refractivity contribution >= 4 is 21.8 Å². The third-order valence-corrected chi connectivity index (χ3v) is 10.5. The molecule has 3 aromatic heterocycles. The number of hydrogen-bond acceptors (Lipinski definition) is 2. The molecule has 0 radical (unpaired) electrons. The number of benzene rings is 6. The number of ether oxygens (including phenoxy) is 1. The van der Waals surface area contributed by atoms with Crippen LogP contribution in [0.4, 0.5) is 0 Å². The number of hydrogen-bond donors (Lipinski definition) is 0. The van der Waals surface area contributed by atoms with E-state index in [0.717, 1.165) is 62.3 Å². The molecule has 0 amide bonds. The third-order valence-electron chi connectivity index (χ3n) is 10.5. The summed E-state index contributed by atoms with van der Waals surface area (Å²) in [4.78, 5) is 4.90. The predicted molar refractivity (Wildman–Crippen MR) is 235 cm³/mol. The van der Waals surface area contributed by atoms with E-state index < -0.39 is 0 Å². The maximum absolute atomic E-state index is 6.57. The Kier molecular flexibility index (Phi) is 10.8. The Balaban J connectivity index is 0.00000484. The summed E-state index contributed by atoms with van der Waals surface area (Å²) in [6, 6.07) is 55.8. The van der Waals surface area contributed by atoms with Crippen LogP contribution in [0.3, 0.4) is 0 Å². The van der Waals surface area contributed by atoms with Crippen LogP contribution in [-0.2, 0) is 32.9 Å². The largest absolute Gasteiger partial charge is 0.510 e. The van der Waals surface area contributed by atoms with Gasteiger partial charge in [-0.3, -0.25) is 4.57 Å². The van der Waals surface area contributed by atoms with E-state index in [9.17, 15) is 0 Å². The SMILES string of the molecule is CC(C)(C)Cc1ccnc(-n2c3[c-]c(Oc4[c-]c(-n5[c-][n+](-c6c(-c7ccccc7)cccc6-c6ccccc6)cc5)ccc4)ccc3c3cc(C(C)(C)C)ccc32)c1.[Pt]. The Morgan fingerprint density at radius 3 is 2.02 bits per heavy atom. The maximum atomic E-state index is 6.57. The van der Waals surface area contributed by atoms with Gasteiger partial charge in [0, 0.05) is 56.7 Å². The van der Waals surface area contributed by atoms with Crippen LogP contribution in [-0.4, -0.2) is 14.1 Å². The Hall–Kier alpha value is -6.03. The second-order valence-corrected chi connectivity index (χ2v) is 17.2. The summed E-state index contributed by atoms with van der Waals surface area (Å²) in [5.74, 6) is 2.05. The molecule has 0 aliphatic carbocycles. The summed E-state index contributed by atoms with van der Waals surface area (Å²) in [5, 5.41) is 2.27. The van der Waals surface area contributed by atoms with Crippen molar-refractivity contribution in [3.05, 3.63) is 188 Å². The minimum absolute atomic E-state index is 0. The Morgan fingerprint density at radius 1 is 0.661 bits per heavy atom. The summed E-state index contributed by atoms with van der Waals surface area (Å²) in [5.41, 5.74) is 11.1. The third kappa shape index (κ3) is 8.18. The van der Waals surface area contributed by atoms with Crippen LogP contribution in [0, 0.1) is 23.9 Å². The quantitative estimate of drug-likeness (QED) is 0.112. The molecule has 3 heterocycles. The van der Waals surface area contributed by atoms with Crippen LogP contribution in [0.1, 0.15) is 52.7 Å². The molecule has 0 bridgehead atoms. The second kappa shape index (κ2) is 16.0. The van der Waals surface area contributed by atoms with Crippen molar-refractivity contribution in [1.82, 2.24) is 14.1 Å². The van der Waals surface area contributed by atoms with Crippen LogP contribution < -0.4 is 9.30 Å². The average Bonchev–Trinajstić information content (AvgIpc) is 3.83. The standard InChI is InChI=1S/C53H46N4O.Pt/c1-52(2,3)35-37-27-28-54-50(31-37)57-48-26-23-40(53(4,5)6)32-47(48)46-25-24-43(34-49(46)57)58-42-20-13-19-41(33-42)55-29-30-56(36-55)51-44(38-15-9-7-10-16-38)21-14-22-45(51)39-17-11-8-12-18-39;/h7-32H,35H2,1-6H3;/q-2;. The van der Waals surface area contributed by atoms with E-state index in [1.807, 2.05) is 59.6 Å². The molecular formula is C53H46N4OPt-2. The zero-order valence-corrected chi connectivity index (χ0v) is 36.5. The van der Waals surface area contributed by atoms with Crippen LogP contribution in [0.15, 0.2) is 158 Å². The van der Waals surface area contributed by atoms with Crippen molar-refractivity contribution in [1.29, 1.82) is 0 Å².